The fourth-order valence-electron chi connectivity index (χ4n) is 3.90. The maximum absolute atomic E-state index is 13.7. The highest BCUT2D eigenvalue weighted by molar-refractivity contribution is 6.14. The molecule has 3 aromatic rings. The molecule has 0 bridgehead atoms. The van der Waals surface area contributed by atoms with Gasteiger partial charge in [0.1, 0.15) is 12.6 Å². The summed E-state index contributed by atoms with van der Waals surface area (Å²) in [6.07, 6.45) is 0. The van der Waals surface area contributed by atoms with Crippen LogP contribution in [-0.4, -0.2) is 18.4 Å². The van der Waals surface area contributed by atoms with Crippen LogP contribution in [0.15, 0.2) is 66.7 Å². The molecule has 1 atom stereocenters. The van der Waals surface area contributed by atoms with Gasteiger partial charge in [0.05, 0.1) is 0 Å². The average Bonchev–Trinajstić information content (AvgIpc) is 2.74. The Labute approximate surface area is 177 Å². The maximum Gasteiger partial charge on any atom is 0.255 e. The van der Waals surface area contributed by atoms with E-state index >= 15 is 0 Å². The van der Waals surface area contributed by atoms with Crippen LogP contribution >= 0.6 is 0 Å². The van der Waals surface area contributed by atoms with Crippen LogP contribution in [0.2, 0.25) is 0 Å². The van der Waals surface area contributed by atoms with Crippen molar-refractivity contribution in [3.05, 3.63) is 94.5 Å². The number of hydrogen-bond acceptors (Lipinski definition) is 2. The van der Waals surface area contributed by atoms with Crippen LogP contribution in [0.3, 0.4) is 0 Å². The van der Waals surface area contributed by atoms with Gasteiger partial charge in [0, 0.05) is 11.4 Å². The topological polar surface area (TPSA) is 40.6 Å². The Kier molecular flexibility index (Phi) is 5.17. The summed E-state index contributed by atoms with van der Waals surface area (Å²) in [4.78, 5) is 30.4. The lowest BCUT2D eigenvalue weighted by molar-refractivity contribution is -0.128. The van der Waals surface area contributed by atoms with Crippen molar-refractivity contribution < 1.29 is 9.59 Å². The van der Waals surface area contributed by atoms with Gasteiger partial charge < -0.3 is 4.90 Å². The van der Waals surface area contributed by atoms with Gasteiger partial charge in [-0.3, -0.25) is 14.5 Å². The molecule has 1 heterocycles. The Morgan fingerprint density at radius 1 is 0.700 bits per heavy atom. The van der Waals surface area contributed by atoms with E-state index < -0.39 is 6.04 Å². The molecule has 2 amide bonds. The first-order valence-electron chi connectivity index (χ1n) is 10.2. The summed E-state index contributed by atoms with van der Waals surface area (Å²) in [6, 6.07) is 20.7. The minimum Gasteiger partial charge on any atom is -0.301 e. The molecule has 1 saturated heterocycles. The number of anilines is 2. The molecule has 4 heteroatoms. The summed E-state index contributed by atoms with van der Waals surface area (Å²) in [5.74, 6) is -0.188. The summed E-state index contributed by atoms with van der Waals surface area (Å²) < 4.78 is 0. The van der Waals surface area contributed by atoms with E-state index in [1.807, 2.05) is 94.4 Å². The Morgan fingerprint density at radius 3 is 1.87 bits per heavy atom. The summed E-state index contributed by atoms with van der Waals surface area (Å²) in [5.41, 5.74) is 6.83. The van der Waals surface area contributed by atoms with E-state index in [9.17, 15) is 9.59 Å². The number of amides is 2. The van der Waals surface area contributed by atoms with Crippen LogP contribution in [0.4, 0.5) is 11.4 Å². The zero-order valence-electron chi connectivity index (χ0n) is 17.8. The highest BCUT2D eigenvalue weighted by Gasteiger charge is 2.41. The second-order valence-electron chi connectivity index (χ2n) is 8.04. The van der Waals surface area contributed by atoms with Crippen molar-refractivity contribution in [2.45, 2.75) is 33.7 Å². The zero-order chi connectivity index (χ0) is 21.4. The summed E-state index contributed by atoms with van der Waals surface area (Å²) in [5, 5.41) is 0. The molecule has 30 heavy (non-hydrogen) atoms. The normalized spacial score (nSPS) is 16.9. The van der Waals surface area contributed by atoms with Gasteiger partial charge >= 0.3 is 0 Å². The molecule has 0 spiro atoms. The van der Waals surface area contributed by atoms with E-state index in [0.29, 0.717) is 0 Å². The molecule has 1 unspecified atom stereocenters. The van der Waals surface area contributed by atoms with E-state index in [-0.39, 0.29) is 18.4 Å². The summed E-state index contributed by atoms with van der Waals surface area (Å²) >= 11 is 0. The van der Waals surface area contributed by atoms with Gasteiger partial charge in [0.2, 0.25) is 5.91 Å². The molecule has 152 valence electrons. The number of carbonyl (C=O) groups is 2. The Morgan fingerprint density at radius 2 is 1.27 bits per heavy atom. The molecule has 0 aliphatic carbocycles. The summed E-state index contributed by atoms with van der Waals surface area (Å²) in [7, 11) is 0. The fourth-order valence-corrected chi connectivity index (χ4v) is 3.90. The van der Waals surface area contributed by atoms with Crippen LogP contribution < -0.4 is 9.80 Å². The minimum atomic E-state index is -0.698. The molecule has 3 aromatic carbocycles. The van der Waals surface area contributed by atoms with Crippen molar-refractivity contribution in [2.24, 2.45) is 0 Å². The van der Waals surface area contributed by atoms with Gasteiger partial charge in [-0.05, 0) is 79.8 Å². The Bertz CT molecular complexity index is 1120. The van der Waals surface area contributed by atoms with Gasteiger partial charge in [-0.1, -0.05) is 42.5 Å². The first-order chi connectivity index (χ1) is 14.4. The molecular formula is C26H26N2O2. The van der Waals surface area contributed by atoms with E-state index in [2.05, 4.69) is 0 Å². The smallest absolute Gasteiger partial charge is 0.255 e. The van der Waals surface area contributed by atoms with E-state index in [4.69, 9.17) is 0 Å². The molecule has 1 aliphatic rings. The minimum absolute atomic E-state index is 0.0254. The van der Waals surface area contributed by atoms with Crippen LogP contribution in [0.1, 0.15) is 33.9 Å². The van der Waals surface area contributed by atoms with Crippen molar-refractivity contribution >= 4 is 23.2 Å². The molecule has 0 N–H and O–H groups in total. The van der Waals surface area contributed by atoms with Crippen molar-refractivity contribution in [1.29, 1.82) is 0 Å². The Hall–Kier alpha value is -3.40. The number of piperazine rings is 1. The third-order valence-corrected chi connectivity index (χ3v) is 6.01. The number of carbonyl (C=O) groups excluding carboxylic acids is 2. The lowest BCUT2D eigenvalue weighted by Gasteiger charge is -2.40. The maximum atomic E-state index is 13.7. The van der Waals surface area contributed by atoms with Gasteiger partial charge in [-0.25, -0.2) is 0 Å². The van der Waals surface area contributed by atoms with Crippen molar-refractivity contribution in [3.63, 3.8) is 0 Å². The molecule has 1 fully saturated rings. The SMILES string of the molecule is Cc1ccc(N2CC(=O)N(c3ccc(C)c(C)c3)C(c3ccccc3)C2=O)cc1C. The quantitative estimate of drug-likeness (QED) is 0.620. The predicted molar refractivity (Wildman–Crippen MR) is 121 cm³/mol. The average molecular weight is 399 g/mol. The predicted octanol–water partition coefficient (Wildman–Crippen LogP) is 5.04. The number of rotatable bonds is 3. The summed E-state index contributed by atoms with van der Waals surface area (Å²) in [6.45, 7) is 8.14. The number of hydrogen-bond donors (Lipinski definition) is 0. The fraction of sp³-hybridized carbons (Fsp3) is 0.231. The first-order valence-corrected chi connectivity index (χ1v) is 10.2. The lowest BCUT2D eigenvalue weighted by Crippen LogP contribution is -2.56. The largest absolute Gasteiger partial charge is 0.301 e. The van der Waals surface area contributed by atoms with E-state index in [1.165, 1.54) is 0 Å². The molecule has 4 rings (SSSR count). The van der Waals surface area contributed by atoms with Gasteiger partial charge in [0.15, 0.2) is 0 Å². The lowest BCUT2D eigenvalue weighted by atomic mass is 9.98. The number of nitrogens with zero attached hydrogens (tertiary/aromatic N) is 2. The molecule has 0 radical (unpaired) electrons. The third-order valence-electron chi connectivity index (χ3n) is 6.01. The second kappa shape index (κ2) is 7.79. The highest BCUT2D eigenvalue weighted by atomic mass is 16.2. The molecule has 1 aliphatic heterocycles. The molecule has 0 saturated carbocycles. The number of aryl methyl sites for hydroxylation is 4. The van der Waals surface area contributed by atoms with Gasteiger partial charge in [-0.15, -0.1) is 0 Å². The van der Waals surface area contributed by atoms with Crippen LogP contribution in [-0.2, 0) is 9.59 Å². The van der Waals surface area contributed by atoms with Gasteiger partial charge in [-0.2, -0.15) is 0 Å². The van der Waals surface area contributed by atoms with E-state index in [1.54, 1.807) is 9.80 Å². The Balaban J connectivity index is 1.82. The molecular weight excluding hydrogens is 372 g/mol. The van der Waals surface area contributed by atoms with E-state index in [0.717, 1.165) is 39.2 Å². The third kappa shape index (κ3) is 3.50. The number of benzene rings is 3. The van der Waals surface area contributed by atoms with Crippen molar-refractivity contribution in [3.8, 4) is 0 Å². The highest BCUT2D eigenvalue weighted by Crippen LogP contribution is 2.35. The van der Waals surface area contributed by atoms with Crippen molar-refractivity contribution in [2.75, 3.05) is 16.3 Å². The standard InChI is InChI=1S/C26H26N2O2/c1-17-10-12-22(14-19(17)3)27-16-24(29)28(23-13-11-18(2)20(4)15-23)25(26(27)30)21-8-6-5-7-9-21/h5-15,25H,16H2,1-4H3. The van der Waals surface area contributed by atoms with Crippen molar-refractivity contribution in [1.82, 2.24) is 0 Å². The zero-order valence-corrected chi connectivity index (χ0v) is 17.8. The van der Waals surface area contributed by atoms with Gasteiger partial charge in [0.25, 0.3) is 5.91 Å². The second-order valence-corrected chi connectivity index (χ2v) is 8.04. The van der Waals surface area contributed by atoms with Crippen LogP contribution in [0, 0.1) is 27.7 Å². The first kappa shape index (κ1) is 19.9. The van der Waals surface area contributed by atoms with Crippen LogP contribution in [0.25, 0.3) is 0 Å². The van der Waals surface area contributed by atoms with Crippen LogP contribution in [0.5, 0.6) is 0 Å². The monoisotopic (exact) mass is 398 g/mol. The molecule has 4 nitrogen and oxygen atoms in total. The molecule has 0 aromatic heterocycles.